The topological polar surface area (TPSA) is 108 Å². The van der Waals surface area contributed by atoms with E-state index < -0.39 is 21.8 Å². The molecule has 1 heterocycles. The molecule has 1 aliphatic rings. The average molecular weight is 475 g/mol. The van der Waals surface area contributed by atoms with Crippen LogP contribution in [0.4, 0.5) is 4.79 Å². The van der Waals surface area contributed by atoms with Gasteiger partial charge in [-0.3, -0.25) is 4.99 Å². The van der Waals surface area contributed by atoms with Crippen LogP contribution in [0.5, 0.6) is 0 Å². The van der Waals surface area contributed by atoms with E-state index in [2.05, 4.69) is 9.73 Å². The summed E-state index contributed by atoms with van der Waals surface area (Å²) in [7, 11) is 0.0532. The number of methoxy groups -OCH3 is 1. The van der Waals surface area contributed by atoms with Crippen molar-refractivity contribution in [2.75, 3.05) is 27.0 Å². The molecule has 2 N–H and O–H groups in total. The Morgan fingerprint density at radius 2 is 2.16 bits per heavy atom. The maximum Gasteiger partial charge on any atom is 0.420 e. The molecule has 2 rings (SSSR count). The first kappa shape index (κ1) is 22.0. The molecule has 0 spiro atoms. The van der Waals surface area contributed by atoms with E-state index in [1.807, 2.05) is 0 Å². The number of hydrogen-bond acceptors (Lipinski definition) is 7. The summed E-state index contributed by atoms with van der Waals surface area (Å²) in [5, 5.41) is 11.4. The molecule has 0 saturated carbocycles. The highest BCUT2D eigenvalue weighted by Crippen LogP contribution is 2.39. The minimum absolute atomic E-state index is 0. The van der Waals surface area contributed by atoms with Crippen LogP contribution >= 0.6 is 40.3 Å². The molecule has 12 heteroatoms. The maximum atomic E-state index is 12.3. The van der Waals surface area contributed by atoms with Crippen LogP contribution in [0, 0.1) is 0 Å². The number of aliphatic hydroxyl groups is 1. The summed E-state index contributed by atoms with van der Waals surface area (Å²) in [4.78, 5) is 16.5. The molecule has 0 aromatic heterocycles. The summed E-state index contributed by atoms with van der Waals surface area (Å²) in [6.45, 7) is 0. The van der Waals surface area contributed by atoms with Crippen molar-refractivity contribution in [1.82, 2.24) is 9.62 Å². The maximum absolute atomic E-state index is 12.3. The third kappa shape index (κ3) is 4.22. The first-order valence-corrected chi connectivity index (χ1v) is 9.47. The minimum atomic E-state index is -4.24. The lowest BCUT2D eigenvalue weighted by atomic mass is 10.0. The molecule has 0 radical (unpaired) electrons. The van der Waals surface area contributed by atoms with E-state index in [1.165, 1.54) is 30.0 Å². The van der Waals surface area contributed by atoms with Gasteiger partial charge in [-0.05, 0) is 12.1 Å². The van der Waals surface area contributed by atoms with Crippen molar-refractivity contribution in [3.8, 4) is 0 Å². The number of rotatable bonds is 3. The van der Waals surface area contributed by atoms with Gasteiger partial charge in [0.2, 0.25) is 0 Å². The van der Waals surface area contributed by atoms with Crippen LogP contribution in [0.3, 0.4) is 0 Å². The summed E-state index contributed by atoms with van der Waals surface area (Å²) in [5.41, 5.74) is -1.13. The number of amidine groups is 1. The number of nitrogens with zero attached hydrogens (tertiary/aromatic N) is 2. The molecule has 1 fully saturated rings. The number of amides is 1. The van der Waals surface area contributed by atoms with Gasteiger partial charge in [-0.15, -0.1) is 17.0 Å². The first-order chi connectivity index (χ1) is 11.2. The lowest BCUT2D eigenvalue weighted by Gasteiger charge is -2.31. The zero-order valence-electron chi connectivity index (χ0n) is 13.5. The summed E-state index contributed by atoms with van der Waals surface area (Å²) in [6, 6.07) is 4.10. The second-order valence-corrected chi connectivity index (χ2v) is 7.91. The fraction of sp³-hybridized carbons (Fsp3) is 0.385. The van der Waals surface area contributed by atoms with Crippen molar-refractivity contribution in [3.63, 3.8) is 0 Å². The third-order valence-electron chi connectivity index (χ3n) is 3.52. The van der Waals surface area contributed by atoms with E-state index in [-0.39, 0.29) is 32.7 Å². The second kappa shape index (κ2) is 8.12. The predicted molar refractivity (Wildman–Crippen MR) is 102 cm³/mol. The van der Waals surface area contributed by atoms with Gasteiger partial charge in [0.1, 0.15) is 4.90 Å². The van der Waals surface area contributed by atoms with Crippen molar-refractivity contribution in [2.24, 2.45) is 4.99 Å². The summed E-state index contributed by atoms with van der Waals surface area (Å²) < 4.78 is 30.6. The minimum Gasteiger partial charge on any atom is -0.452 e. The molecule has 1 saturated heterocycles. The normalized spacial score (nSPS) is 21.8. The summed E-state index contributed by atoms with van der Waals surface area (Å²) in [5.74, 6) is 0.266. The lowest BCUT2D eigenvalue weighted by molar-refractivity contribution is -0.0349. The molecular weight excluding hydrogens is 458 g/mol. The van der Waals surface area contributed by atoms with E-state index >= 15 is 0 Å². The number of hydrogen-bond donors (Lipinski definition) is 2. The molecule has 1 amide bonds. The van der Waals surface area contributed by atoms with Crippen LogP contribution in [0.15, 0.2) is 28.1 Å². The fourth-order valence-corrected chi connectivity index (χ4v) is 4.78. The number of nitrogens with one attached hydrogen (secondary N) is 1. The van der Waals surface area contributed by atoms with Crippen molar-refractivity contribution >= 4 is 61.6 Å². The van der Waals surface area contributed by atoms with Crippen LogP contribution < -0.4 is 4.72 Å². The fourth-order valence-electron chi connectivity index (χ4n) is 2.17. The molecule has 1 aromatic rings. The third-order valence-corrected chi connectivity index (χ3v) is 6.58. The Morgan fingerprint density at radius 1 is 1.52 bits per heavy atom. The van der Waals surface area contributed by atoms with E-state index in [9.17, 15) is 18.3 Å². The van der Waals surface area contributed by atoms with Crippen LogP contribution in [0.1, 0.15) is 5.56 Å². The molecule has 1 aliphatic heterocycles. The molecule has 140 valence electrons. The average Bonchev–Trinajstić information content (AvgIpc) is 2.83. The standard InChI is InChI=1S/C13H16ClN3O5S2.BrH/c1-15-11-17(2)13(19,7-23-11)8-4-5-9(14)10(6-8)24(20,21)16-12(18)22-3;/h4-6,19H,7H2,1-3H3,(H,16,18);1H. The molecule has 1 atom stereocenters. The zero-order valence-corrected chi connectivity index (χ0v) is 17.6. The molecule has 1 unspecified atom stereocenters. The first-order valence-electron chi connectivity index (χ1n) is 6.62. The van der Waals surface area contributed by atoms with E-state index in [1.54, 1.807) is 23.7 Å². The number of ether oxygens (including phenoxy) is 1. The summed E-state index contributed by atoms with van der Waals surface area (Å²) in [6.07, 6.45) is -1.14. The van der Waals surface area contributed by atoms with Crippen molar-refractivity contribution in [3.05, 3.63) is 28.8 Å². The Kier molecular flexibility index (Phi) is 7.16. The number of benzene rings is 1. The van der Waals surface area contributed by atoms with Crippen LogP contribution in [-0.2, 0) is 20.5 Å². The van der Waals surface area contributed by atoms with Gasteiger partial charge < -0.3 is 14.7 Å². The van der Waals surface area contributed by atoms with Crippen LogP contribution in [0.2, 0.25) is 5.02 Å². The number of thioether (sulfide) groups is 1. The smallest absolute Gasteiger partial charge is 0.420 e. The highest BCUT2D eigenvalue weighted by molar-refractivity contribution is 8.93. The quantitative estimate of drug-likeness (QED) is 0.687. The molecular formula is C13H17BrClN3O5S2. The number of aliphatic imine (C=N–C) groups is 1. The highest BCUT2D eigenvalue weighted by Gasteiger charge is 2.43. The lowest BCUT2D eigenvalue weighted by Crippen LogP contribution is -2.42. The zero-order chi connectivity index (χ0) is 18.1. The Balaban J connectivity index is 0.00000312. The van der Waals surface area contributed by atoms with Gasteiger partial charge >= 0.3 is 6.09 Å². The van der Waals surface area contributed by atoms with Crippen LogP contribution in [0.25, 0.3) is 0 Å². The predicted octanol–water partition coefficient (Wildman–Crippen LogP) is 1.77. The van der Waals surface area contributed by atoms with E-state index in [0.29, 0.717) is 10.7 Å². The molecule has 1 aromatic carbocycles. The monoisotopic (exact) mass is 473 g/mol. The SMILES string of the molecule is Br.CN=C1SCC(O)(c2ccc(Cl)c(S(=O)(=O)NC(=O)OC)c2)N1C. The Morgan fingerprint density at radius 3 is 2.68 bits per heavy atom. The van der Waals surface area contributed by atoms with Gasteiger partial charge in [-0.1, -0.05) is 29.4 Å². The van der Waals surface area contributed by atoms with Crippen molar-refractivity contribution in [2.45, 2.75) is 10.6 Å². The Bertz CT molecular complexity index is 805. The molecule has 0 aliphatic carbocycles. The van der Waals surface area contributed by atoms with Gasteiger partial charge in [0, 0.05) is 19.7 Å². The molecule has 8 nitrogen and oxygen atoms in total. The highest BCUT2D eigenvalue weighted by atomic mass is 79.9. The van der Waals surface area contributed by atoms with E-state index in [4.69, 9.17) is 11.6 Å². The van der Waals surface area contributed by atoms with E-state index in [0.717, 1.165) is 7.11 Å². The number of carbonyl (C=O) groups is 1. The molecule has 25 heavy (non-hydrogen) atoms. The molecule has 0 bridgehead atoms. The van der Waals surface area contributed by atoms with Crippen LogP contribution in [-0.4, -0.2) is 56.6 Å². The number of halogens is 2. The number of sulfonamides is 1. The van der Waals surface area contributed by atoms with Crippen molar-refractivity contribution < 1.29 is 23.1 Å². The Hall–Kier alpha value is -1.01. The summed E-state index contributed by atoms with van der Waals surface area (Å²) >= 11 is 7.29. The van der Waals surface area contributed by atoms with Gasteiger partial charge in [-0.2, -0.15) is 0 Å². The second-order valence-electron chi connectivity index (χ2n) is 4.91. The number of carbonyl (C=O) groups excluding carboxylic acids is 1. The Labute approximate surface area is 165 Å². The van der Waals surface area contributed by atoms with Gasteiger partial charge in [0.15, 0.2) is 10.9 Å². The van der Waals surface area contributed by atoms with Gasteiger partial charge in [-0.25, -0.2) is 17.9 Å². The van der Waals surface area contributed by atoms with Crippen molar-refractivity contribution in [1.29, 1.82) is 0 Å². The van der Waals surface area contributed by atoms with Gasteiger partial charge in [0.25, 0.3) is 10.0 Å². The van der Waals surface area contributed by atoms with Gasteiger partial charge in [0.05, 0.1) is 17.9 Å². The largest absolute Gasteiger partial charge is 0.452 e.